The highest BCUT2D eigenvalue weighted by Gasteiger charge is 2.16. The Labute approximate surface area is 115 Å². The number of aromatic nitrogens is 1. The number of fused-ring (bicyclic) bond motifs is 1. The molecule has 6 nitrogen and oxygen atoms in total. The first-order valence-electron chi connectivity index (χ1n) is 6.08. The molecule has 1 heterocycles. The first-order chi connectivity index (χ1) is 9.43. The molecule has 0 spiro atoms. The molecule has 0 aliphatic rings. The van der Waals surface area contributed by atoms with Gasteiger partial charge >= 0.3 is 0 Å². The Kier molecular flexibility index (Phi) is 3.76. The highest BCUT2D eigenvalue weighted by atomic mass is 16.5. The quantitative estimate of drug-likeness (QED) is 0.817. The molecule has 0 aliphatic carbocycles. The predicted octanol–water partition coefficient (Wildman–Crippen LogP) is -0.0642. The lowest BCUT2D eigenvalue weighted by Crippen LogP contribution is -2.33. The Bertz CT molecular complexity index is 721. The van der Waals surface area contributed by atoms with Gasteiger partial charge in [-0.1, -0.05) is 0 Å². The highest BCUT2D eigenvalue weighted by Crippen LogP contribution is 2.20. The number of pyridine rings is 1. The third-order valence-electron chi connectivity index (χ3n) is 3.25. The molecule has 1 unspecified atom stereocenters. The molecule has 1 amide bonds. The number of ether oxygens (including phenoxy) is 1. The van der Waals surface area contributed by atoms with Crippen LogP contribution in [0.1, 0.15) is 5.56 Å². The zero-order valence-electron chi connectivity index (χ0n) is 11.3. The molecule has 2 aromatic rings. The van der Waals surface area contributed by atoms with Gasteiger partial charge in [0, 0.05) is 24.4 Å². The Morgan fingerprint density at radius 2 is 2.15 bits per heavy atom. The molecule has 20 heavy (non-hydrogen) atoms. The number of rotatable bonds is 4. The van der Waals surface area contributed by atoms with Gasteiger partial charge in [0.05, 0.1) is 12.6 Å². The van der Waals surface area contributed by atoms with Crippen LogP contribution in [0.15, 0.2) is 29.1 Å². The Morgan fingerprint density at radius 1 is 1.45 bits per heavy atom. The molecule has 0 bridgehead atoms. The first-order valence-corrected chi connectivity index (χ1v) is 6.08. The third-order valence-corrected chi connectivity index (χ3v) is 3.25. The SMILES string of the molecule is COc1ccc2c(c1)cc(CC(O)C(N)=O)c(=O)n2C. The summed E-state index contributed by atoms with van der Waals surface area (Å²) >= 11 is 0. The summed E-state index contributed by atoms with van der Waals surface area (Å²) in [5.74, 6) is -0.185. The van der Waals surface area contributed by atoms with Crippen molar-refractivity contribution in [1.29, 1.82) is 0 Å². The third kappa shape index (κ3) is 2.50. The number of carbonyl (C=O) groups excluding carboxylic acids is 1. The van der Waals surface area contributed by atoms with Crippen LogP contribution in [0.25, 0.3) is 10.9 Å². The van der Waals surface area contributed by atoms with Crippen molar-refractivity contribution in [1.82, 2.24) is 4.57 Å². The Hall–Kier alpha value is -2.34. The standard InChI is InChI=1S/C14H16N2O4/c1-16-11-4-3-10(20-2)6-8(11)5-9(14(16)19)7-12(17)13(15)18/h3-6,12,17H,7H2,1-2H3,(H2,15,18). The van der Waals surface area contributed by atoms with E-state index in [-0.39, 0.29) is 12.0 Å². The molecule has 1 aromatic heterocycles. The van der Waals surface area contributed by atoms with Gasteiger partial charge in [-0.05, 0) is 24.3 Å². The molecule has 106 valence electrons. The summed E-state index contributed by atoms with van der Waals surface area (Å²) in [6, 6.07) is 6.98. The van der Waals surface area contributed by atoms with E-state index in [2.05, 4.69) is 0 Å². The molecule has 0 aliphatic heterocycles. The maximum Gasteiger partial charge on any atom is 0.254 e. The summed E-state index contributed by atoms with van der Waals surface area (Å²) < 4.78 is 6.61. The van der Waals surface area contributed by atoms with Crippen LogP contribution in [0.2, 0.25) is 0 Å². The van der Waals surface area contributed by atoms with Gasteiger partial charge in [0.1, 0.15) is 11.9 Å². The van der Waals surface area contributed by atoms with E-state index in [0.29, 0.717) is 11.3 Å². The summed E-state index contributed by atoms with van der Waals surface area (Å²) in [5.41, 5.74) is 5.83. The van der Waals surface area contributed by atoms with Crippen molar-refractivity contribution in [2.24, 2.45) is 12.8 Å². The number of amides is 1. The van der Waals surface area contributed by atoms with Gasteiger partial charge in [-0.2, -0.15) is 0 Å². The number of aliphatic hydroxyl groups is 1. The first kappa shape index (κ1) is 14.1. The maximum absolute atomic E-state index is 12.2. The molecule has 6 heteroatoms. The number of benzene rings is 1. The van der Waals surface area contributed by atoms with E-state index in [1.165, 1.54) is 4.57 Å². The largest absolute Gasteiger partial charge is 0.497 e. The van der Waals surface area contributed by atoms with Crippen molar-refractivity contribution in [3.8, 4) is 5.75 Å². The zero-order valence-corrected chi connectivity index (χ0v) is 11.3. The van der Waals surface area contributed by atoms with Crippen LogP contribution < -0.4 is 16.0 Å². The monoisotopic (exact) mass is 276 g/mol. The van der Waals surface area contributed by atoms with Crippen molar-refractivity contribution in [2.75, 3.05) is 7.11 Å². The topological polar surface area (TPSA) is 94.6 Å². The molecule has 3 N–H and O–H groups in total. The fraction of sp³-hybridized carbons (Fsp3) is 0.286. The van der Waals surface area contributed by atoms with Crippen LogP contribution in [0.4, 0.5) is 0 Å². The van der Waals surface area contributed by atoms with E-state index in [0.717, 1.165) is 10.9 Å². The van der Waals surface area contributed by atoms with Crippen LogP contribution in [0, 0.1) is 0 Å². The number of hydrogen-bond acceptors (Lipinski definition) is 4. The lowest BCUT2D eigenvalue weighted by atomic mass is 10.1. The number of aryl methyl sites for hydroxylation is 1. The number of primary amides is 1. The number of nitrogens with two attached hydrogens (primary N) is 1. The second-order valence-corrected chi connectivity index (χ2v) is 4.58. The summed E-state index contributed by atoms with van der Waals surface area (Å²) in [7, 11) is 3.19. The van der Waals surface area contributed by atoms with Gasteiger partial charge in [0.25, 0.3) is 5.56 Å². The van der Waals surface area contributed by atoms with Gasteiger partial charge < -0.3 is 20.1 Å². The number of hydrogen-bond donors (Lipinski definition) is 2. The fourth-order valence-corrected chi connectivity index (χ4v) is 2.11. The average molecular weight is 276 g/mol. The van der Waals surface area contributed by atoms with Gasteiger partial charge in [-0.25, -0.2) is 0 Å². The maximum atomic E-state index is 12.2. The van der Waals surface area contributed by atoms with Crippen LogP contribution in [-0.4, -0.2) is 28.8 Å². The molecular formula is C14H16N2O4. The summed E-state index contributed by atoms with van der Waals surface area (Å²) in [4.78, 5) is 23.1. The van der Waals surface area contributed by atoms with Crippen LogP contribution in [0.5, 0.6) is 5.75 Å². The molecule has 0 fully saturated rings. The van der Waals surface area contributed by atoms with Gasteiger partial charge in [-0.3, -0.25) is 9.59 Å². The van der Waals surface area contributed by atoms with Crippen molar-refractivity contribution in [3.63, 3.8) is 0 Å². The summed E-state index contributed by atoms with van der Waals surface area (Å²) in [6.45, 7) is 0. The van der Waals surface area contributed by atoms with E-state index in [4.69, 9.17) is 10.5 Å². The van der Waals surface area contributed by atoms with E-state index in [9.17, 15) is 14.7 Å². The molecule has 0 radical (unpaired) electrons. The fourth-order valence-electron chi connectivity index (χ4n) is 2.11. The lowest BCUT2D eigenvalue weighted by molar-refractivity contribution is -0.125. The number of nitrogens with zero attached hydrogens (tertiary/aromatic N) is 1. The smallest absolute Gasteiger partial charge is 0.254 e. The van der Waals surface area contributed by atoms with Crippen LogP contribution >= 0.6 is 0 Å². The number of aliphatic hydroxyl groups excluding tert-OH is 1. The lowest BCUT2D eigenvalue weighted by Gasteiger charge is -2.11. The molecule has 0 saturated heterocycles. The average Bonchev–Trinajstić information content (AvgIpc) is 2.43. The van der Waals surface area contributed by atoms with Crippen molar-refractivity contribution in [2.45, 2.75) is 12.5 Å². The van der Waals surface area contributed by atoms with Crippen molar-refractivity contribution in [3.05, 3.63) is 40.2 Å². The second-order valence-electron chi connectivity index (χ2n) is 4.58. The van der Waals surface area contributed by atoms with E-state index in [1.807, 2.05) is 0 Å². The Morgan fingerprint density at radius 3 is 2.75 bits per heavy atom. The number of carbonyl (C=O) groups is 1. The summed E-state index contributed by atoms with van der Waals surface area (Å²) in [6.07, 6.45) is -1.47. The minimum Gasteiger partial charge on any atom is -0.497 e. The van der Waals surface area contributed by atoms with E-state index in [1.54, 1.807) is 38.4 Å². The molecule has 1 atom stereocenters. The van der Waals surface area contributed by atoms with Crippen LogP contribution in [-0.2, 0) is 18.3 Å². The number of methoxy groups -OCH3 is 1. The van der Waals surface area contributed by atoms with Crippen molar-refractivity contribution >= 4 is 16.8 Å². The zero-order chi connectivity index (χ0) is 14.9. The normalized spacial score (nSPS) is 12.3. The van der Waals surface area contributed by atoms with Crippen molar-refractivity contribution < 1.29 is 14.6 Å². The minimum absolute atomic E-state index is 0.102. The van der Waals surface area contributed by atoms with Gasteiger partial charge in [0.15, 0.2) is 0 Å². The minimum atomic E-state index is -1.37. The van der Waals surface area contributed by atoms with Gasteiger partial charge in [0.2, 0.25) is 5.91 Å². The van der Waals surface area contributed by atoms with E-state index < -0.39 is 12.0 Å². The van der Waals surface area contributed by atoms with Crippen LogP contribution in [0.3, 0.4) is 0 Å². The molecule has 1 aromatic carbocycles. The molecular weight excluding hydrogens is 260 g/mol. The van der Waals surface area contributed by atoms with E-state index >= 15 is 0 Å². The molecule has 2 rings (SSSR count). The Balaban J connectivity index is 2.58. The second kappa shape index (κ2) is 5.34. The predicted molar refractivity (Wildman–Crippen MR) is 74.6 cm³/mol. The highest BCUT2D eigenvalue weighted by molar-refractivity contribution is 5.82. The van der Waals surface area contributed by atoms with Gasteiger partial charge in [-0.15, -0.1) is 0 Å². The molecule has 0 saturated carbocycles. The summed E-state index contributed by atoms with van der Waals surface area (Å²) in [5, 5.41) is 10.3.